The lowest BCUT2D eigenvalue weighted by atomic mass is 9.35. The molecular weight excluding hydrogens is 787 g/mol. The van der Waals surface area contributed by atoms with E-state index in [4.69, 9.17) is 4.42 Å². The maximum absolute atomic E-state index is 7.36. The number of hydrogen-bond acceptors (Lipinski definition) is 3. The largest absolute Gasteiger partial charge is 0.468 e. The number of aryl methyl sites for hydroxylation is 3. The highest BCUT2D eigenvalue weighted by Crippen LogP contribution is 2.53. The van der Waals surface area contributed by atoms with E-state index in [1.165, 1.54) is 120 Å². The molecule has 10 rings (SSSR count). The van der Waals surface area contributed by atoms with Gasteiger partial charge in [0.1, 0.15) is 5.58 Å². The van der Waals surface area contributed by atoms with Crippen molar-refractivity contribution in [2.75, 3.05) is 9.80 Å². The van der Waals surface area contributed by atoms with Crippen LogP contribution in [0.2, 0.25) is 0 Å². The van der Waals surface area contributed by atoms with Gasteiger partial charge in [-0.15, -0.1) is 0 Å². The molecule has 0 saturated carbocycles. The van der Waals surface area contributed by atoms with Crippen LogP contribution in [0.3, 0.4) is 0 Å². The zero-order valence-corrected chi connectivity index (χ0v) is 41.5. The second-order valence-corrected chi connectivity index (χ2v) is 22.9. The first kappa shape index (κ1) is 43.4. The Morgan fingerprint density at radius 3 is 2.05 bits per heavy atom. The maximum atomic E-state index is 7.36. The molecule has 65 heavy (non-hydrogen) atoms. The monoisotopic (exact) mass is 857 g/mol. The number of rotatable bonds is 8. The van der Waals surface area contributed by atoms with Crippen LogP contribution in [0.4, 0.5) is 34.1 Å². The van der Waals surface area contributed by atoms with Crippen molar-refractivity contribution >= 4 is 68.4 Å². The summed E-state index contributed by atoms with van der Waals surface area (Å²) in [6.45, 7) is 30.7. The standard InChI is InChI=1S/C61H69BN2O/c1-14-16-28-59(8,9)47-37-44(41-20-18-17-19-21-41)50(34-40(47)15-2)64-51-31-38(3)22-26-49(51)62-55-52(32-39(4)33-53(55)64)63(43-24-25-46-48(36-43)61(12,13)30-29-60(46,10)11)56-45-35-42(58(5,6)7)23-27-54(45)65-57(56)62/h17-27,31-37H,14-16,28-30H2,1-13H3. The summed E-state index contributed by atoms with van der Waals surface area (Å²) in [5.41, 5.74) is 24.2. The summed E-state index contributed by atoms with van der Waals surface area (Å²) in [6.07, 6.45) is 6.89. The summed E-state index contributed by atoms with van der Waals surface area (Å²) in [5, 5.41) is 1.18. The number of anilines is 6. The van der Waals surface area contributed by atoms with Crippen LogP contribution >= 0.6 is 0 Å². The van der Waals surface area contributed by atoms with Gasteiger partial charge in [-0.05, 0) is 171 Å². The predicted octanol–water partition coefficient (Wildman–Crippen LogP) is 15.5. The molecular formula is C61H69BN2O. The fourth-order valence-electron chi connectivity index (χ4n) is 11.8. The summed E-state index contributed by atoms with van der Waals surface area (Å²) >= 11 is 0. The van der Waals surface area contributed by atoms with E-state index in [-0.39, 0.29) is 28.4 Å². The van der Waals surface area contributed by atoms with Crippen molar-refractivity contribution < 1.29 is 4.42 Å². The smallest absolute Gasteiger partial charge is 0.297 e. The lowest BCUT2D eigenvalue weighted by Crippen LogP contribution is -2.61. The third-order valence-electron chi connectivity index (χ3n) is 15.7. The Morgan fingerprint density at radius 2 is 1.35 bits per heavy atom. The molecule has 0 saturated heterocycles. The third-order valence-corrected chi connectivity index (χ3v) is 15.7. The van der Waals surface area contributed by atoms with E-state index in [9.17, 15) is 0 Å². The fraction of sp³-hybridized carbons (Fsp3) is 0.377. The normalized spacial score (nSPS) is 16.0. The quantitative estimate of drug-likeness (QED) is 0.142. The summed E-state index contributed by atoms with van der Waals surface area (Å²) < 4.78 is 7.36. The Labute approximate surface area is 390 Å². The fourth-order valence-corrected chi connectivity index (χ4v) is 11.8. The van der Waals surface area contributed by atoms with Gasteiger partial charge in [-0.3, -0.25) is 0 Å². The molecule has 3 aliphatic rings. The van der Waals surface area contributed by atoms with Crippen LogP contribution in [0.25, 0.3) is 22.1 Å². The topological polar surface area (TPSA) is 19.6 Å². The van der Waals surface area contributed by atoms with Crippen LogP contribution in [0.1, 0.15) is 147 Å². The van der Waals surface area contributed by atoms with Crippen molar-refractivity contribution in [3.63, 3.8) is 0 Å². The van der Waals surface area contributed by atoms with E-state index >= 15 is 0 Å². The first-order valence-electron chi connectivity index (χ1n) is 24.6. The molecule has 1 aromatic heterocycles. The van der Waals surface area contributed by atoms with Crippen molar-refractivity contribution in [1.82, 2.24) is 0 Å². The molecule has 7 aromatic rings. The molecule has 3 nitrogen and oxygen atoms in total. The van der Waals surface area contributed by atoms with Crippen LogP contribution in [0, 0.1) is 13.8 Å². The van der Waals surface area contributed by atoms with E-state index in [0.29, 0.717) is 0 Å². The highest BCUT2D eigenvalue weighted by atomic mass is 16.3. The number of hydrogen-bond donors (Lipinski definition) is 0. The van der Waals surface area contributed by atoms with Gasteiger partial charge in [0, 0.05) is 33.7 Å². The molecule has 0 amide bonds. The minimum absolute atomic E-state index is 0.0229. The van der Waals surface area contributed by atoms with Crippen LogP contribution in [0.5, 0.6) is 0 Å². The van der Waals surface area contributed by atoms with Gasteiger partial charge in [-0.1, -0.05) is 144 Å². The van der Waals surface area contributed by atoms with E-state index < -0.39 is 0 Å². The molecule has 0 spiro atoms. The Balaban J connectivity index is 1.31. The van der Waals surface area contributed by atoms with E-state index in [1.807, 2.05) is 0 Å². The first-order valence-corrected chi connectivity index (χ1v) is 24.6. The highest BCUT2D eigenvalue weighted by Gasteiger charge is 2.48. The molecule has 332 valence electrons. The van der Waals surface area contributed by atoms with Crippen molar-refractivity contribution in [3.8, 4) is 11.1 Å². The number of benzene rings is 6. The molecule has 1 aliphatic carbocycles. The van der Waals surface area contributed by atoms with E-state index in [0.717, 1.165) is 30.5 Å². The number of furan rings is 1. The van der Waals surface area contributed by atoms with Crippen LogP contribution < -0.4 is 26.4 Å². The number of fused-ring (bicyclic) bond motifs is 7. The molecule has 3 heterocycles. The van der Waals surface area contributed by atoms with Crippen LogP contribution in [0.15, 0.2) is 114 Å². The van der Waals surface area contributed by atoms with Gasteiger partial charge in [-0.25, -0.2) is 0 Å². The molecule has 0 unspecified atom stereocenters. The number of unbranched alkanes of at least 4 members (excludes halogenated alkanes) is 1. The Kier molecular flexibility index (Phi) is 10.2. The highest BCUT2D eigenvalue weighted by molar-refractivity contribution is 7.00. The zero-order valence-electron chi connectivity index (χ0n) is 41.5. The van der Waals surface area contributed by atoms with Crippen LogP contribution in [-0.4, -0.2) is 6.71 Å². The van der Waals surface area contributed by atoms with Crippen molar-refractivity contribution in [2.45, 2.75) is 150 Å². The number of nitrogens with zero attached hydrogens (tertiary/aromatic N) is 2. The summed E-state index contributed by atoms with van der Waals surface area (Å²) in [5.74, 6) is 0. The second kappa shape index (κ2) is 15.3. The van der Waals surface area contributed by atoms with E-state index in [1.54, 1.807) is 0 Å². The lowest BCUT2D eigenvalue weighted by Gasteiger charge is -2.45. The van der Waals surface area contributed by atoms with Crippen LogP contribution in [-0.2, 0) is 28.1 Å². The summed E-state index contributed by atoms with van der Waals surface area (Å²) in [7, 11) is 0. The minimum Gasteiger partial charge on any atom is -0.468 e. The Morgan fingerprint density at radius 1 is 0.662 bits per heavy atom. The van der Waals surface area contributed by atoms with E-state index in [2.05, 4.69) is 209 Å². The van der Waals surface area contributed by atoms with Gasteiger partial charge >= 0.3 is 0 Å². The van der Waals surface area contributed by atoms with Gasteiger partial charge in [0.25, 0.3) is 6.71 Å². The zero-order chi connectivity index (χ0) is 46.0. The van der Waals surface area contributed by atoms with Gasteiger partial charge < -0.3 is 14.2 Å². The van der Waals surface area contributed by atoms with Gasteiger partial charge in [0.2, 0.25) is 0 Å². The van der Waals surface area contributed by atoms with Gasteiger partial charge in [0.15, 0.2) is 0 Å². The molecule has 0 N–H and O–H groups in total. The molecule has 0 fully saturated rings. The minimum atomic E-state index is -0.102. The Hall–Kier alpha value is -5.48. The lowest BCUT2D eigenvalue weighted by molar-refractivity contribution is 0.332. The van der Waals surface area contributed by atoms with Gasteiger partial charge in [-0.2, -0.15) is 0 Å². The molecule has 4 heteroatoms. The predicted molar refractivity (Wildman–Crippen MR) is 281 cm³/mol. The summed E-state index contributed by atoms with van der Waals surface area (Å²) in [6, 6.07) is 42.6. The third kappa shape index (κ3) is 6.99. The first-order chi connectivity index (χ1) is 30.8. The average Bonchev–Trinajstić information content (AvgIpc) is 3.65. The van der Waals surface area contributed by atoms with Crippen molar-refractivity contribution in [3.05, 3.63) is 148 Å². The molecule has 2 aliphatic heterocycles. The molecule has 0 bridgehead atoms. The second-order valence-electron chi connectivity index (χ2n) is 22.9. The average molecular weight is 857 g/mol. The summed E-state index contributed by atoms with van der Waals surface area (Å²) in [4.78, 5) is 5.23. The molecule has 6 aromatic carbocycles. The molecule has 0 radical (unpaired) electrons. The SMILES string of the molecule is CCCCC(C)(C)c1cc(-c2ccccc2)c(N2c3cc(C)ccc3B3c4oc5ccc(C(C)(C)C)cc5c4N(c4ccc5c(c4)C(C)(C)CCC5(C)C)c4cc(C)cc2c43)cc1CC. The van der Waals surface area contributed by atoms with Crippen molar-refractivity contribution in [1.29, 1.82) is 0 Å². The van der Waals surface area contributed by atoms with Gasteiger partial charge in [0.05, 0.1) is 17.0 Å². The maximum Gasteiger partial charge on any atom is 0.297 e. The Bertz CT molecular complexity index is 3010. The molecule has 0 atom stereocenters. The van der Waals surface area contributed by atoms with Crippen molar-refractivity contribution in [2.24, 2.45) is 0 Å².